The molecule has 0 saturated carbocycles. The van der Waals surface area contributed by atoms with Gasteiger partial charge in [0.25, 0.3) is 0 Å². The van der Waals surface area contributed by atoms with Gasteiger partial charge in [-0.25, -0.2) is 4.98 Å². The number of aliphatic hydroxyl groups is 1. The third kappa shape index (κ3) is 1.65. The lowest BCUT2D eigenvalue weighted by atomic mass is 10.1. The van der Waals surface area contributed by atoms with Gasteiger partial charge in [-0.2, -0.15) is 0 Å². The molecule has 0 spiro atoms. The Labute approximate surface area is 78.0 Å². The second-order valence-corrected chi connectivity index (χ2v) is 3.47. The van der Waals surface area contributed by atoms with Crippen LogP contribution < -0.4 is 4.90 Å². The van der Waals surface area contributed by atoms with Crippen LogP contribution in [0.4, 0.5) is 5.82 Å². The fourth-order valence-corrected chi connectivity index (χ4v) is 1.38. The Bertz CT molecular complexity index is 277. The van der Waals surface area contributed by atoms with Crippen LogP contribution >= 0.6 is 0 Å². The van der Waals surface area contributed by atoms with Crippen LogP contribution in [0.2, 0.25) is 0 Å². The maximum Gasteiger partial charge on any atom is 0.128 e. The molecule has 1 aliphatic heterocycles. The highest BCUT2D eigenvalue weighted by atomic mass is 16.3. The summed E-state index contributed by atoms with van der Waals surface area (Å²) in [5.74, 6) is 1.02. The number of hydrogen-bond acceptors (Lipinski definition) is 3. The molecular weight excluding hydrogens is 164 g/mol. The van der Waals surface area contributed by atoms with Crippen molar-refractivity contribution in [2.75, 3.05) is 18.0 Å². The topological polar surface area (TPSA) is 36.4 Å². The van der Waals surface area contributed by atoms with Gasteiger partial charge in [-0.3, -0.25) is 0 Å². The van der Waals surface area contributed by atoms with Crippen LogP contribution in [0, 0.1) is 0 Å². The molecule has 0 unspecified atom stereocenters. The monoisotopic (exact) mass is 178 g/mol. The zero-order valence-corrected chi connectivity index (χ0v) is 7.77. The average molecular weight is 178 g/mol. The molecule has 0 amide bonds. The Hall–Kier alpha value is -1.09. The summed E-state index contributed by atoms with van der Waals surface area (Å²) in [5.41, 5.74) is 0.879. The lowest BCUT2D eigenvalue weighted by molar-refractivity contribution is 0.199. The molecule has 2 rings (SSSR count). The first kappa shape index (κ1) is 8.51. The van der Waals surface area contributed by atoms with Gasteiger partial charge in [-0.05, 0) is 25.0 Å². The molecule has 1 N–H and O–H groups in total. The second kappa shape index (κ2) is 3.34. The van der Waals surface area contributed by atoms with Gasteiger partial charge < -0.3 is 10.0 Å². The molecule has 1 fully saturated rings. The number of hydrogen-bond donors (Lipinski definition) is 1. The van der Waals surface area contributed by atoms with Crippen LogP contribution in [0.25, 0.3) is 0 Å². The number of rotatable bonds is 2. The number of pyridine rings is 1. The van der Waals surface area contributed by atoms with E-state index in [0.717, 1.165) is 24.5 Å². The Balaban J connectivity index is 2.13. The van der Waals surface area contributed by atoms with Crippen molar-refractivity contribution in [1.29, 1.82) is 0 Å². The third-order valence-electron chi connectivity index (χ3n) is 2.43. The van der Waals surface area contributed by atoms with E-state index in [1.807, 2.05) is 12.1 Å². The summed E-state index contributed by atoms with van der Waals surface area (Å²) in [6.07, 6.45) is 2.59. The summed E-state index contributed by atoms with van der Waals surface area (Å²) >= 11 is 0. The maximum absolute atomic E-state index is 9.27. The van der Waals surface area contributed by atoms with E-state index in [4.69, 9.17) is 0 Å². The van der Waals surface area contributed by atoms with E-state index >= 15 is 0 Å². The standard InChI is InChI=1S/C10H14N2O/c1-8(13)9-3-4-10(11-7-9)12-5-2-6-12/h3-4,7-8,13H,2,5-6H2,1H3/t8-/m0/s1. The average Bonchev–Trinajstić information content (AvgIpc) is 2.02. The van der Waals surface area contributed by atoms with Gasteiger partial charge in [0.1, 0.15) is 5.82 Å². The van der Waals surface area contributed by atoms with Gasteiger partial charge >= 0.3 is 0 Å². The molecule has 13 heavy (non-hydrogen) atoms. The van der Waals surface area contributed by atoms with E-state index < -0.39 is 6.10 Å². The minimum Gasteiger partial charge on any atom is -0.389 e. The molecule has 1 aliphatic rings. The van der Waals surface area contributed by atoms with Gasteiger partial charge in [0.15, 0.2) is 0 Å². The molecule has 3 heteroatoms. The van der Waals surface area contributed by atoms with Crippen molar-refractivity contribution in [2.45, 2.75) is 19.4 Å². The van der Waals surface area contributed by atoms with E-state index in [1.54, 1.807) is 13.1 Å². The summed E-state index contributed by atoms with van der Waals surface area (Å²) in [7, 11) is 0. The minimum atomic E-state index is -0.419. The molecule has 0 bridgehead atoms. The Kier molecular flexibility index (Phi) is 2.19. The molecule has 0 aromatic carbocycles. The Morgan fingerprint density at radius 1 is 1.46 bits per heavy atom. The molecule has 1 aromatic heterocycles. The first-order valence-corrected chi connectivity index (χ1v) is 4.66. The van der Waals surface area contributed by atoms with E-state index in [9.17, 15) is 5.11 Å². The van der Waals surface area contributed by atoms with Gasteiger partial charge in [0.2, 0.25) is 0 Å². The second-order valence-electron chi connectivity index (χ2n) is 3.47. The van der Waals surface area contributed by atoms with Crippen LogP contribution in [-0.2, 0) is 0 Å². The third-order valence-corrected chi connectivity index (χ3v) is 2.43. The number of aromatic nitrogens is 1. The van der Waals surface area contributed by atoms with E-state index in [0.29, 0.717) is 0 Å². The van der Waals surface area contributed by atoms with Crippen LogP contribution in [-0.4, -0.2) is 23.2 Å². The largest absolute Gasteiger partial charge is 0.389 e. The highest BCUT2D eigenvalue weighted by molar-refractivity contribution is 5.41. The molecule has 0 aliphatic carbocycles. The molecule has 2 heterocycles. The molecule has 1 saturated heterocycles. The minimum absolute atomic E-state index is 0.419. The van der Waals surface area contributed by atoms with Crippen molar-refractivity contribution in [3.63, 3.8) is 0 Å². The Morgan fingerprint density at radius 2 is 2.23 bits per heavy atom. The summed E-state index contributed by atoms with van der Waals surface area (Å²) in [6, 6.07) is 3.91. The van der Waals surface area contributed by atoms with Gasteiger partial charge in [-0.15, -0.1) is 0 Å². The summed E-state index contributed by atoms with van der Waals surface area (Å²) < 4.78 is 0. The van der Waals surface area contributed by atoms with Crippen molar-refractivity contribution in [3.05, 3.63) is 23.9 Å². The van der Waals surface area contributed by atoms with Crippen molar-refractivity contribution in [3.8, 4) is 0 Å². The smallest absolute Gasteiger partial charge is 0.128 e. The lowest BCUT2D eigenvalue weighted by Crippen LogP contribution is -2.37. The van der Waals surface area contributed by atoms with Crippen LogP contribution in [0.5, 0.6) is 0 Å². The normalized spacial score (nSPS) is 18.2. The van der Waals surface area contributed by atoms with Gasteiger partial charge in [-0.1, -0.05) is 6.07 Å². The van der Waals surface area contributed by atoms with Crippen LogP contribution in [0.3, 0.4) is 0 Å². The Morgan fingerprint density at radius 3 is 2.62 bits per heavy atom. The SMILES string of the molecule is C[C@H](O)c1ccc(N2CCC2)nc1. The van der Waals surface area contributed by atoms with Crippen molar-refractivity contribution < 1.29 is 5.11 Å². The predicted octanol–water partition coefficient (Wildman–Crippen LogP) is 1.34. The van der Waals surface area contributed by atoms with E-state index in [1.165, 1.54) is 6.42 Å². The van der Waals surface area contributed by atoms with Crippen molar-refractivity contribution >= 4 is 5.82 Å². The quantitative estimate of drug-likeness (QED) is 0.742. The van der Waals surface area contributed by atoms with Crippen LogP contribution in [0.15, 0.2) is 18.3 Å². The fourth-order valence-electron chi connectivity index (χ4n) is 1.38. The molecule has 1 atom stereocenters. The fraction of sp³-hybridized carbons (Fsp3) is 0.500. The zero-order chi connectivity index (χ0) is 9.26. The van der Waals surface area contributed by atoms with Gasteiger partial charge in [0.05, 0.1) is 6.10 Å². The molecular formula is C10H14N2O. The maximum atomic E-state index is 9.27. The van der Waals surface area contributed by atoms with E-state index in [-0.39, 0.29) is 0 Å². The first-order chi connectivity index (χ1) is 6.27. The number of nitrogens with zero attached hydrogens (tertiary/aromatic N) is 2. The number of aliphatic hydroxyl groups excluding tert-OH is 1. The highest BCUT2D eigenvalue weighted by Gasteiger charge is 2.15. The predicted molar refractivity (Wildman–Crippen MR) is 51.7 cm³/mol. The number of anilines is 1. The summed E-state index contributed by atoms with van der Waals surface area (Å²) in [6.45, 7) is 3.97. The molecule has 0 radical (unpaired) electrons. The molecule has 70 valence electrons. The summed E-state index contributed by atoms with van der Waals surface area (Å²) in [4.78, 5) is 6.52. The van der Waals surface area contributed by atoms with Crippen LogP contribution in [0.1, 0.15) is 25.0 Å². The van der Waals surface area contributed by atoms with Gasteiger partial charge in [0, 0.05) is 19.3 Å². The van der Waals surface area contributed by atoms with Crippen molar-refractivity contribution in [1.82, 2.24) is 4.98 Å². The zero-order valence-electron chi connectivity index (χ0n) is 7.77. The van der Waals surface area contributed by atoms with Crippen molar-refractivity contribution in [2.24, 2.45) is 0 Å². The molecule has 1 aromatic rings. The summed E-state index contributed by atoms with van der Waals surface area (Å²) in [5, 5.41) is 9.27. The first-order valence-electron chi connectivity index (χ1n) is 4.66. The highest BCUT2D eigenvalue weighted by Crippen LogP contribution is 2.19. The molecule has 3 nitrogen and oxygen atoms in total. The lowest BCUT2D eigenvalue weighted by Gasteiger charge is -2.32. The van der Waals surface area contributed by atoms with E-state index in [2.05, 4.69) is 9.88 Å².